The molecule has 2 aromatic rings. The third-order valence-electron chi connectivity index (χ3n) is 6.39. The van der Waals surface area contributed by atoms with Crippen LogP contribution in [0.4, 0.5) is 0 Å². The van der Waals surface area contributed by atoms with Gasteiger partial charge in [-0.1, -0.05) is 19.3 Å². The van der Waals surface area contributed by atoms with Crippen molar-refractivity contribution in [1.82, 2.24) is 25.0 Å². The number of aromatic nitrogens is 3. The van der Waals surface area contributed by atoms with E-state index in [-0.39, 0.29) is 5.91 Å². The van der Waals surface area contributed by atoms with E-state index in [2.05, 4.69) is 20.4 Å². The molecule has 6 nitrogen and oxygen atoms in total. The van der Waals surface area contributed by atoms with E-state index >= 15 is 0 Å². The summed E-state index contributed by atoms with van der Waals surface area (Å²) >= 11 is 0. The molecule has 0 radical (unpaired) electrons. The largest absolute Gasteiger partial charge is 0.351 e. The van der Waals surface area contributed by atoms with Gasteiger partial charge in [0.15, 0.2) is 0 Å². The zero-order chi connectivity index (χ0) is 18.5. The minimum absolute atomic E-state index is 0.00827. The lowest BCUT2D eigenvalue weighted by atomic mass is 9.68. The average molecular weight is 367 g/mol. The highest BCUT2D eigenvalue weighted by Gasteiger charge is 2.35. The number of nitrogens with zero attached hydrogens (tertiary/aromatic N) is 4. The molecule has 1 amide bonds. The Morgan fingerprint density at radius 3 is 2.30 bits per heavy atom. The standard InChI is InChI=1S/C21H29N5O/c27-20(18-4-6-19(7-5-18)26-16-23-24-17-26)22-12-15-25-13-10-21(11-14-25)8-2-1-3-9-21/h4-7,16-17H,1-3,8-15H2,(H,22,27). The van der Waals surface area contributed by atoms with Crippen LogP contribution in [0.2, 0.25) is 0 Å². The summed E-state index contributed by atoms with van der Waals surface area (Å²) in [6.45, 7) is 4.02. The van der Waals surface area contributed by atoms with Crippen LogP contribution in [-0.4, -0.2) is 51.8 Å². The molecule has 1 saturated heterocycles. The number of nitrogens with one attached hydrogen (secondary N) is 1. The first-order valence-corrected chi connectivity index (χ1v) is 10.2. The third kappa shape index (κ3) is 4.38. The smallest absolute Gasteiger partial charge is 0.251 e. The summed E-state index contributed by atoms with van der Waals surface area (Å²) in [6.07, 6.45) is 13.1. The van der Waals surface area contributed by atoms with Gasteiger partial charge in [0.25, 0.3) is 5.91 Å². The van der Waals surface area contributed by atoms with E-state index in [0.29, 0.717) is 17.5 Å². The van der Waals surface area contributed by atoms with E-state index in [4.69, 9.17) is 0 Å². The molecule has 2 aliphatic rings. The van der Waals surface area contributed by atoms with Crippen LogP contribution in [0, 0.1) is 5.41 Å². The first kappa shape index (κ1) is 18.2. The van der Waals surface area contributed by atoms with E-state index in [1.54, 1.807) is 12.7 Å². The first-order chi connectivity index (χ1) is 13.2. The second-order valence-electron chi connectivity index (χ2n) is 8.07. The maximum Gasteiger partial charge on any atom is 0.251 e. The highest BCUT2D eigenvalue weighted by Crippen LogP contribution is 2.44. The molecule has 2 heterocycles. The van der Waals surface area contributed by atoms with E-state index in [0.717, 1.165) is 12.2 Å². The SMILES string of the molecule is O=C(NCCN1CCC2(CCCCC2)CC1)c1ccc(-n2cnnc2)cc1. The van der Waals surface area contributed by atoms with Crippen molar-refractivity contribution in [3.05, 3.63) is 42.5 Å². The third-order valence-corrected chi connectivity index (χ3v) is 6.39. The van der Waals surface area contributed by atoms with Crippen LogP contribution >= 0.6 is 0 Å². The molecule has 1 aromatic carbocycles. The number of hydrogen-bond acceptors (Lipinski definition) is 4. The summed E-state index contributed by atoms with van der Waals surface area (Å²) in [7, 11) is 0. The molecular weight excluding hydrogens is 338 g/mol. The summed E-state index contributed by atoms with van der Waals surface area (Å²) in [4.78, 5) is 14.9. The predicted molar refractivity (Wildman–Crippen MR) is 105 cm³/mol. The molecule has 144 valence electrons. The highest BCUT2D eigenvalue weighted by atomic mass is 16.1. The van der Waals surface area contributed by atoms with Crippen LogP contribution in [0.15, 0.2) is 36.9 Å². The Balaban J connectivity index is 1.21. The van der Waals surface area contributed by atoms with Gasteiger partial charge in [0.1, 0.15) is 12.7 Å². The summed E-state index contributed by atoms with van der Waals surface area (Å²) < 4.78 is 1.82. The maximum atomic E-state index is 12.4. The van der Waals surface area contributed by atoms with Gasteiger partial charge in [-0.25, -0.2) is 0 Å². The number of carbonyl (C=O) groups is 1. The van der Waals surface area contributed by atoms with E-state index < -0.39 is 0 Å². The molecule has 1 aromatic heterocycles. The normalized spacial score (nSPS) is 19.9. The number of carbonyl (C=O) groups excluding carboxylic acids is 1. The minimum atomic E-state index is -0.00827. The monoisotopic (exact) mass is 367 g/mol. The summed E-state index contributed by atoms with van der Waals surface area (Å²) in [5, 5.41) is 10.7. The van der Waals surface area contributed by atoms with Gasteiger partial charge in [-0.3, -0.25) is 9.36 Å². The van der Waals surface area contributed by atoms with Gasteiger partial charge in [0, 0.05) is 24.3 Å². The topological polar surface area (TPSA) is 63.1 Å². The van der Waals surface area contributed by atoms with Crippen molar-refractivity contribution in [1.29, 1.82) is 0 Å². The molecule has 1 saturated carbocycles. The van der Waals surface area contributed by atoms with Gasteiger partial charge in [-0.2, -0.15) is 0 Å². The fourth-order valence-electron chi connectivity index (χ4n) is 4.60. The highest BCUT2D eigenvalue weighted by molar-refractivity contribution is 5.94. The quantitative estimate of drug-likeness (QED) is 0.882. The number of rotatable bonds is 5. The lowest BCUT2D eigenvalue weighted by Gasteiger charge is -2.44. The predicted octanol–water partition coefficient (Wildman–Crippen LogP) is 3.04. The molecule has 1 spiro atoms. The van der Waals surface area contributed by atoms with Crippen molar-refractivity contribution < 1.29 is 4.79 Å². The van der Waals surface area contributed by atoms with Gasteiger partial charge < -0.3 is 10.2 Å². The van der Waals surface area contributed by atoms with Crippen LogP contribution in [-0.2, 0) is 0 Å². The second-order valence-corrected chi connectivity index (χ2v) is 8.07. The van der Waals surface area contributed by atoms with Crippen molar-refractivity contribution in [3.63, 3.8) is 0 Å². The molecule has 0 atom stereocenters. The van der Waals surface area contributed by atoms with E-state index in [9.17, 15) is 4.79 Å². The Hall–Kier alpha value is -2.21. The molecule has 1 aliphatic carbocycles. The van der Waals surface area contributed by atoms with E-state index in [1.165, 1.54) is 58.0 Å². The van der Waals surface area contributed by atoms with Crippen LogP contribution in [0.3, 0.4) is 0 Å². The minimum Gasteiger partial charge on any atom is -0.351 e. The van der Waals surface area contributed by atoms with Crippen molar-refractivity contribution in [3.8, 4) is 5.69 Å². The van der Waals surface area contributed by atoms with Crippen molar-refractivity contribution in [2.75, 3.05) is 26.2 Å². The zero-order valence-corrected chi connectivity index (χ0v) is 15.9. The number of likely N-dealkylation sites (tertiary alicyclic amines) is 1. The van der Waals surface area contributed by atoms with Gasteiger partial charge in [-0.05, 0) is 68.5 Å². The van der Waals surface area contributed by atoms with Crippen molar-refractivity contribution >= 4 is 5.91 Å². The molecular formula is C21H29N5O. The molecule has 1 N–H and O–H groups in total. The summed E-state index contributed by atoms with van der Waals surface area (Å²) in [6, 6.07) is 7.51. The Morgan fingerprint density at radius 1 is 0.963 bits per heavy atom. The number of benzene rings is 1. The van der Waals surface area contributed by atoms with Gasteiger partial charge in [0.2, 0.25) is 0 Å². The fraction of sp³-hybridized carbons (Fsp3) is 0.571. The van der Waals surface area contributed by atoms with E-state index in [1.807, 2.05) is 28.8 Å². The first-order valence-electron chi connectivity index (χ1n) is 10.2. The van der Waals surface area contributed by atoms with Crippen LogP contribution in [0.25, 0.3) is 5.69 Å². The Labute approximate surface area is 161 Å². The summed E-state index contributed by atoms with van der Waals surface area (Å²) in [5.41, 5.74) is 2.28. The van der Waals surface area contributed by atoms with Crippen LogP contribution < -0.4 is 5.32 Å². The lowest BCUT2D eigenvalue weighted by Crippen LogP contribution is -2.44. The van der Waals surface area contributed by atoms with Gasteiger partial charge in [0.05, 0.1) is 0 Å². The Bertz CT molecular complexity index is 724. The molecule has 6 heteroatoms. The summed E-state index contributed by atoms with van der Waals surface area (Å²) in [5.74, 6) is -0.00827. The zero-order valence-electron chi connectivity index (χ0n) is 15.9. The number of amides is 1. The molecule has 0 unspecified atom stereocenters. The second kappa shape index (κ2) is 8.21. The lowest BCUT2D eigenvalue weighted by molar-refractivity contribution is 0.0673. The van der Waals surface area contributed by atoms with Gasteiger partial charge >= 0.3 is 0 Å². The van der Waals surface area contributed by atoms with Crippen LogP contribution in [0.1, 0.15) is 55.3 Å². The number of hydrogen-bond donors (Lipinski definition) is 1. The molecule has 2 fully saturated rings. The molecule has 0 bridgehead atoms. The fourth-order valence-corrected chi connectivity index (χ4v) is 4.60. The molecule has 4 rings (SSSR count). The Morgan fingerprint density at radius 2 is 1.63 bits per heavy atom. The Kier molecular flexibility index (Phi) is 5.53. The van der Waals surface area contributed by atoms with Crippen molar-refractivity contribution in [2.24, 2.45) is 5.41 Å². The van der Waals surface area contributed by atoms with Gasteiger partial charge in [-0.15, -0.1) is 10.2 Å². The van der Waals surface area contributed by atoms with Crippen LogP contribution in [0.5, 0.6) is 0 Å². The number of piperidine rings is 1. The maximum absolute atomic E-state index is 12.4. The average Bonchev–Trinajstić information content (AvgIpc) is 3.25. The molecule has 27 heavy (non-hydrogen) atoms. The molecule has 1 aliphatic heterocycles. The van der Waals surface area contributed by atoms with Crippen molar-refractivity contribution in [2.45, 2.75) is 44.9 Å².